The van der Waals surface area contributed by atoms with Crippen LogP contribution < -0.4 is 5.32 Å². The third-order valence-electron chi connectivity index (χ3n) is 2.13. The van der Waals surface area contributed by atoms with E-state index in [0.717, 1.165) is 4.47 Å². The van der Waals surface area contributed by atoms with E-state index in [1.54, 1.807) is 42.7 Å². The number of hydrogen-bond donors (Lipinski definition) is 1. The average Bonchev–Trinajstić information content (AvgIpc) is 2.83. The lowest BCUT2D eigenvalue weighted by atomic mass is 10.3. The molecule has 0 saturated heterocycles. The van der Waals surface area contributed by atoms with Crippen LogP contribution in [0.5, 0.6) is 0 Å². The van der Waals surface area contributed by atoms with Crippen molar-refractivity contribution in [3.63, 3.8) is 0 Å². The van der Waals surface area contributed by atoms with Gasteiger partial charge in [-0.25, -0.2) is 0 Å². The molecule has 0 unspecified atom stereocenters. The van der Waals surface area contributed by atoms with Gasteiger partial charge in [0, 0.05) is 10.5 Å². The van der Waals surface area contributed by atoms with E-state index in [0.29, 0.717) is 16.5 Å². The zero-order valence-electron chi connectivity index (χ0n) is 9.19. The molecule has 1 heterocycles. The van der Waals surface area contributed by atoms with E-state index in [2.05, 4.69) is 21.2 Å². The van der Waals surface area contributed by atoms with Crippen molar-refractivity contribution in [2.45, 2.75) is 0 Å². The van der Waals surface area contributed by atoms with Crippen molar-refractivity contribution in [3.8, 4) is 0 Å². The van der Waals surface area contributed by atoms with Crippen molar-refractivity contribution in [1.82, 2.24) is 0 Å². The molecule has 92 valence electrons. The zero-order valence-corrected chi connectivity index (χ0v) is 11.5. The molecule has 1 amide bonds. The first-order valence-electron chi connectivity index (χ1n) is 5.13. The van der Waals surface area contributed by atoms with Gasteiger partial charge in [-0.15, -0.1) is 0 Å². The largest absolute Gasteiger partial charge is 0.465 e. The van der Waals surface area contributed by atoms with Gasteiger partial charge in [0.05, 0.1) is 17.0 Å². The number of rotatable bonds is 3. The second-order valence-electron chi connectivity index (χ2n) is 3.46. The molecule has 1 aromatic heterocycles. The van der Waals surface area contributed by atoms with E-state index in [1.807, 2.05) is 0 Å². The van der Waals surface area contributed by atoms with Crippen molar-refractivity contribution in [2.24, 2.45) is 0 Å². The van der Waals surface area contributed by atoms with Crippen molar-refractivity contribution < 1.29 is 9.21 Å². The third-order valence-corrected chi connectivity index (χ3v) is 2.94. The number of nitrogens with one attached hydrogen (secondary N) is 1. The minimum atomic E-state index is -0.268. The Hall–Kier alpha value is -1.52. The van der Waals surface area contributed by atoms with Crippen LogP contribution in [0.1, 0.15) is 5.76 Å². The lowest BCUT2D eigenvalue weighted by molar-refractivity contribution is -0.111. The fourth-order valence-corrected chi connectivity index (χ4v) is 2.03. The van der Waals surface area contributed by atoms with Gasteiger partial charge in [-0.2, -0.15) is 0 Å². The first kappa shape index (κ1) is 12.9. The highest BCUT2D eigenvalue weighted by atomic mass is 79.9. The number of halogens is 2. The van der Waals surface area contributed by atoms with E-state index in [1.165, 1.54) is 6.08 Å². The molecule has 2 aromatic rings. The van der Waals surface area contributed by atoms with Gasteiger partial charge in [0.25, 0.3) is 0 Å². The number of carbonyl (C=O) groups excluding carboxylic acids is 1. The zero-order chi connectivity index (χ0) is 13.0. The lowest BCUT2D eigenvalue weighted by Gasteiger charge is -2.04. The highest BCUT2D eigenvalue weighted by Crippen LogP contribution is 2.25. The SMILES string of the molecule is O=C(C=Cc1ccco1)Nc1ccc(Br)cc1Cl. The lowest BCUT2D eigenvalue weighted by Crippen LogP contribution is -2.07. The molecular weight excluding hydrogens is 318 g/mol. The van der Waals surface area contributed by atoms with Crippen LogP contribution in [-0.4, -0.2) is 5.91 Å². The summed E-state index contributed by atoms with van der Waals surface area (Å²) in [6, 6.07) is 8.76. The topological polar surface area (TPSA) is 42.2 Å². The number of amides is 1. The summed E-state index contributed by atoms with van der Waals surface area (Å²) in [5, 5.41) is 3.16. The van der Waals surface area contributed by atoms with Gasteiger partial charge < -0.3 is 9.73 Å². The number of anilines is 1. The molecular formula is C13H9BrClNO2. The Bertz CT molecular complexity index is 579. The summed E-state index contributed by atoms with van der Waals surface area (Å²) in [6.45, 7) is 0. The molecule has 1 N–H and O–H groups in total. The first-order chi connectivity index (χ1) is 8.65. The fourth-order valence-electron chi connectivity index (χ4n) is 1.31. The number of carbonyl (C=O) groups is 1. The quantitative estimate of drug-likeness (QED) is 0.852. The Morgan fingerprint density at radius 2 is 2.22 bits per heavy atom. The van der Waals surface area contributed by atoms with Crippen LogP contribution in [-0.2, 0) is 4.79 Å². The summed E-state index contributed by atoms with van der Waals surface area (Å²) in [7, 11) is 0. The summed E-state index contributed by atoms with van der Waals surface area (Å²) < 4.78 is 5.93. The Morgan fingerprint density at radius 1 is 1.39 bits per heavy atom. The number of furan rings is 1. The predicted molar refractivity (Wildman–Crippen MR) is 75.5 cm³/mol. The maximum atomic E-state index is 11.6. The molecule has 3 nitrogen and oxygen atoms in total. The maximum absolute atomic E-state index is 11.6. The summed E-state index contributed by atoms with van der Waals surface area (Å²) >= 11 is 9.28. The normalized spacial score (nSPS) is 10.8. The average molecular weight is 327 g/mol. The van der Waals surface area contributed by atoms with Crippen LogP contribution in [0.2, 0.25) is 5.02 Å². The molecule has 5 heteroatoms. The number of hydrogen-bond acceptors (Lipinski definition) is 2. The number of benzene rings is 1. The van der Waals surface area contributed by atoms with Crippen molar-refractivity contribution >= 4 is 45.2 Å². The Balaban J connectivity index is 2.03. The highest BCUT2D eigenvalue weighted by Gasteiger charge is 2.03. The van der Waals surface area contributed by atoms with E-state index in [-0.39, 0.29) is 5.91 Å². The van der Waals surface area contributed by atoms with Crippen LogP contribution in [0.4, 0.5) is 5.69 Å². The Morgan fingerprint density at radius 3 is 2.89 bits per heavy atom. The molecule has 0 aliphatic rings. The maximum Gasteiger partial charge on any atom is 0.248 e. The van der Waals surface area contributed by atoms with Crippen LogP contribution in [0.25, 0.3) is 6.08 Å². The van der Waals surface area contributed by atoms with Gasteiger partial charge in [-0.1, -0.05) is 27.5 Å². The molecule has 0 saturated carbocycles. The van der Waals surface area contributed by atoms with Crippen LogP contribution in [0.15, 0.2) is 51.6 Å². The molecule has 0 aliphatic carbocycles. The third kappa shape index (κ3) is 3.48. The van der Waals surface area contributed by atoms with Gasteiger partial charge in [-0.05, 0) is 36.4 Å². The van der Waals surface area contributed by atoms with E-state index in [9.17, 15) is 4.79 Å². The Labute approximate surface area is 118 Å². The molecule has 2 rings (SSSR count). The second-order valence-corrected chi connectivity index (χ2v) is 4.79. The summed E-state index contributed by atoms with van der Waals surface area (Å²) in [5.74, 6) is 0.350. The molecule has 0 spiro atoms. The molecule has 1 aromatic carbocycles. The predicted octanol–water partition coefficient (Wildman–Crippen LogP) is 4.35. The van der Waals surface area contributed by atoms with E-state index < -0.39 is 0 Å². The Kier molecular flexibility index (Phi) is 4.23. The van der Waals surface area contributed by atoms with Gasteiger partial charge in [0.2, 0.25) is 5.91 Å². The fraction of sp³-hybridized carbons (Fsp3) is 0. The second kappa shape index (κ2) is 5.89. The minimum absolute atomic E-state index is 0.268. The molecule has 0 aliphatic heterocycles. The van der Waals surface area contributed by atoms with Gasteiger partial charge >= 0.3 is 0 Å². The van der Waals surface area contributed by atoms with Gasteiger partial charge in [0.1, 0.15) is 5.76 Å². The monoisotopic (exact) mass is 325 g/mol. The van der Waals surface area contributed by atoms with Crippen LogP contribution in [0.3, 0.4) is 0 Å². The summed E-state index contributed by atoms with van der Waals surface area (Å²) in [6.07, 6.45) is 4.52. The minimum Gasteiger partial charge on any atom is -0.465 e. The molecule has 18 heavy (non-hydrogen) atoms. The van der Waals surface area contributed by atoms with Crippen molar-refractivity contribution in [2.75, 3.05) is 5.32 Å². The molecule has 0 radical (unpaired) electrons. The molecule has 0 bridgehead atoms. The molecule has 0 fully saturated rings. The smallest absolute Gasteiger partial charge is 0.248 e. The highest BCUT2D eigenvalue weighted by molar-refractivity contribution is 9.10. The van der Waals surface area contributed by atoms with Crippen LogP contribution >= 0.6 is 27.5 Å². The van der Waals surface area contributed by atoms with E-state index in [4.69, 9.17) is 16.0 Å². The van der Waals surface area contributed by atoms with Gasteiger partial charge in [0.15, 0.2) is 0 Å². The van der Waals surface area contributed by atoms with Crippen LogP contribution in [0, 0.1) is 0 Å². The first-order valence-corrected chi connectivity index (χ1v) is 6.30. The standard InChI is InChI=1S/C13H9BrClNO2/c14-9-3-5-12(11(15)8-9)16-13(17)6-4-10-2-1-7-18-10/h1-8H,(H,16,17). The summed E-state index contributed by atoms with van der Waals surface area (Å²) in [5.41, 5.74) is 0.564. The molecule has 0 atom stereocenters. The van der Waals surface area contributed by atoms with Crippen molar-refractivity contribution in [1.29, 1.82) is 0 Å². The summed E-state index contributed by atoms with van der Waals surface area (Å²) in [4.78, 5) is 11.6. The van der Waals surface area contributed by atoms with E-state index >= 15 is 0 Å². The van der Waals surface area contributed by atoms with Gasteiger partial charge in [-0.3, -0.25) is 4.79 Å². The van der Waals surface area contributed by atoms with Crippen molar-refractivity contribution in [3.05, 3.63) is 57.9 Å².